The van der Waals surface area contributed by atoms with Crippen LogP contribution in [0.1, 0.15) is 50.3 Å². The molecular formula is C15H23F2N. The van der Waals surface area contributed by atoms with E-state index in [1.54, 1.807) is 14.0 Å². The van der Waals surface area contributed by atoms with Crippen LogP contribution in [0.2, 0.25) is 0 Å². The molecule has 1 rings (SSSR count). The lowest BCUT2D eigenvalue weighted by molar-refractivity contribution is 0.385. The Hall–Kier alpha value is -0.960. The van der Waals surface area contributed by atoms with E-state index in [0.717, 1.165) is 19.3 Å². The van der Waals surface area contributed by atoms with Crippen molar-refractivity contribution in [3.8, 4) is 0 Å². The molecular weight excluding hydrogens is 232 g/mol. The van der Waals surface area contributed by atoms with Crippen LogP contribution in [0, 0.1) is 24.5 Å². The maximum Gasteiger partial charge on any atom is 0.133 e. The van der Waals surface area contributed by atoms with Crippen molar-refractivity contribution in [1.29, 1.82) is 0 Å². The van der Waals surface area contributed by atoms with E-state index in [0.29, 0.717) is 11.5 Å². The zero-order valence-corrected chi connectivity index (χ0v) is 11.7. The number of hydrogen-bond acceptors (Lipinski definition) is 1. The first-order chi connectivity index (χ1) is 8.51. The number of benzene rings is 1. The normalized spacial score (nSPS) is 14.6. The predicted octanol–water partition coefficient (Wildman–Crippen LogP) is 4.36. The molecule has 0 aliphatic carbocycles. The third-order valence-electron chi connectivity index (χ3n) is 3.44. The minimum atomic E-state index is -0.457. The summed E-state index contributed by atoms with van der Waals surface area (Å²) in [5.41, 5.74) is 0.676. The van der Waals surface area contributed by atoms with E-state index in [1.807, 2.05) is 0 Å². The highest BCUT2D eigenvalue weighted by atomic mass is 19.1. The Morgan fingerprint density at radius 2 is 1.94 bits per heavy atom. The van der Waals surface area contributed by atoms with Gasteiger partial charge in [-0.2, -0.15) is 0 Å². The first kappa shape index (κ1) is 15.1. The van der Waals surface area contributed by atoms with Crippen molar-refractivity contribution in [2.45, 2.75) is 46.1 Å². The van der Waals surface area contributed by atoms with Gasteiger partial charge in [-0.05, 0) is 37.9 Å². The van der Waals surface area contributed by atoms with Crippen molar-refractivity contribution < 1.29 is 8.78 Å². The highest BCUT2D eigenvalue weighted by Gasteiger charge is 2.21. The van der Waals surface area contributed by atoms with Crippen molar-refractivity contribution in [3.63, 3.8) is 0 Å². The summed E-state index contributed by atoms with van der Waals surface area (Å²) in [5.74, 6) is -0.425. The van der Waals surface area contributed by atoms with Crippen LogP contribution in [-0.2, 0) is 0 Å². The Kier molecular flexibility index (Phi) is 5.73. The van der Waals surface area contributed by atoms with Gasteiger partial charge in [-0.15, -0.1) is 0 Å². The minimum absolute atomic E-state index is 0.181. The molecule has 0 bridgehead atoms. The molecule has 102 valence electrons. The van der Waals surface area contributed by atoms with E-state index >= 15 is 0 Å². The van der Waals surface area contributed by atoms with Crippen LogP contribution in [0.4, 0.5) is 8.78 Å². The monoisotopic (exact) mass is 255 g/mol. The Balaban J connectivity index is 2.98. The van der Waals surface area contributed by atoms with Gasteiger partial charge in [0.1, 0.15) is 11.6 Å². The van der Waals surface area contributed by atoms with Crippen LogP contribution < -0.4 is 5.32 Å². The molecule has 0 heterocycles. The number of hydrogen-bond donors (Lipinski definition) is 1. The van der Waals surface area contributed by atoms with Crippen molar-refractivity contribution in [1.82, 2.24) is 5.32 Å². The average Bonchev–Trinajstić information content (AvgIpc) is 2.33. The van der Waals surface area contributed by atoms with Crippen molar-refractivity contribution in [3.05, 3.63) is 34.9 Å². The van der Waals surface area contributed by atoms with Crippen LogP contribution in [0.3, 0.4) is 0 Å². The number of rotatable bonds is 6. The fourth-order valence-electron chi connectivity index (χ4n) is 2.39. The lowest BCUT2D eigenvalue weighted by Crippen LogP contribution is -2.22. The Morgan fingerprint density at radius 1 is 1.28 bits per heavy atom. The molecule has 0 aliphatic rings. The summed E-state index contributed by atoms with van der Waals surface area (Å²) in [7, 11) is 1.75. The largest absolute Gasteiger partial charge is 0.313 e. The highest BCUT2D eigenvalue weighted by Crippen LogP contribution is 2.29. The lowest BCUT2D eigenvalue weighted by Gasteiger charge is -2.22. The molecule has 18 heavy (non-hydrogen) atoms. The first-order valence-electron chi connectivity index (χ1n) is 6.63. The predicted molar refractivity (Wildman–Crippen MR) is 71.6 cm³/mol. The molecule has 1 N–H and O–H groups in total. The van der Waals surface area contributed by atoms with E-state index < -0.39 is 11.6 Å². The lowest BCUT2D eigenvalue weighted by atomic mass is 9.91. The summed E-state index contributed by atoms with van der Waals surface area (Å²) in [6.07, 6.45) is 2.92. The van der Waals surface area contributed by atoms with Crippen LogP contribution in [0.15, 0.2) is 12.1 Å². The van der Waals surface area contributed by atoms with Gasteiger partial charge in [0, 0.05) is 11.6 Å². The topological polar surface area (TPSA) is 12.0 Å². The zero-order valence-electron chi connectivity index (χ0n) is 11.7. The summed E-state index contributed by atoms with van der Waals surface area (Å²) in [4.78, 5) is 0. The van der Waals surface area contributed by atoms with Crippen molar-refractivity contribution >= 4 is 0 Å². The second kappa shape index (κ2) is 6.83. The smallest absolute Gasteiger partial charge is 0.133 e. The van der Waals surface area contributed by atoms with Gasteiger partial charge < -0.3 is 5.32 Å². The standard InChI is InChI=1S/C15H23F2N/c1-5-6-10(2)9-13(18-4)14-12(16)8-7-11(3)15(14)17/h7-8,10,13,18H,5-6,9H2,1-4H3. The van der Waals surface area contributed by atoms with Gasteiger partial charge in [0.25, 0.3) is 0 Å². The molecule has 3 heteroatoms. The van der Waals surface area contributed by atoms with E-state index in [-0.39, 0.29) is 11.6 Å². The zero-order chi connectivity index (χ0) is 13.7. The van der Waals surface area contributed by atoms with E-state index in [4.69, 9.17) is 0 Å². The Morgan fingerprint density at radius 3 is 2.50 bits per heavy atom. The molecule has 0 aromatic heterocycles. The second-order valence-electron chi connectivity index (χ2n) is 5.06. The molecule has 0 saturated carbocycles. The SMILES string of the molecule is CCCC(C)CC(NC)c1c(F)ccc(C)c1F. The van der Waals surface area contributed by atoms with E-state index in [2.05, 4.69) is 19.2 Å². The second-order valence-corrected chi connectivity index (χ2v) is 5.06. The first-order valence-corrected chi connectivity index (χ1v) is 6.63. The average molecular weight is 255 g/mol. The molecule has 0 fully saturated rings. The molecule has 1 nitrogen and oxygen atoms in total. The molecule has 0 radical (unpaired) electrons. The molecule has 0 spiro atoms. The van der Waals surface area contributed by atoms with Gasteiger partial charge in [-0.3, -0.25) is 0 Å². The van der Waals surface area contributed by atoms with Crippen LogP contribution >= 0.6 is 0 Å². The molecule has 2 atom stereocenters. The van der Waals surface area contributed by atoms with Gasteiger partial charge >= 0.3 is 0 Å². The summed E-state index contributed by atoms with van der Waals surface area (Å²) >= 11 is 0. The van der Waals surface area contributed by atoms with Gasteiger partial charge in [0.2, 0.25) is 0 Å². The number of aryl methyl sites for hydroxylation is 1. The molecule has 0 aliphatic heterocycles. The van der Waals surface area contributed by atoms with Crippen molar-refractivity contribution in [2.24, 2.45) is 5.92 Å². The maximum absolute atomic E-state index is 14.1. The maximum atomic E-state index is 14.1. The summed E-state index contributed by atoms with van der Waals surface area (Å²) < 4.78 is 27.9. The summed E-state index contributed by atoms with van der Waals surface area (Å²) in [5, 5.41) is 3.04. The van der Waals surface area contributed by atoms with Gasteiger partial charge in [0.15, 0.2) is 0 Å². The number of nitrogens with one attached hydrogen (secondary N) is 1. The van der Waals surface area contributed by atoms with Crippen LogP contribution in [0.25, 0.3) is 0 Å². The molecule has 1 aromatic carbocycles. The fourth-order valence-corrected chi connectivity index (χ4v) is 2.39. The third kappa shape index (κ3) is 3.52. The third-order valence-corrected chi connectivity index (χ3v) is 3.44. The molecule has 2 unspecified atom stereocenters. The molecule has 1 aromatic rings. The molecule has 0 amide bonds. The molecule has 0 saturated heterocycles. The Bertz CT molecular complexity index is 390. The van der Waals surface area contributed by atoms with E-state index in [1.165, 1.54) is 12.1 Å². The van der Waals surface area contributed by atoms with Crippen LogP contribution in [-0.4, -0.2) is 7.05 Å². The fraction of sp³-hybridized carbons (Fsp3) is 0.600. The Labute approximate surface area is 109 Å². The number of halogens is 2. The summed E-state index contributed by atoms with van der Waals surface area (Å²) in [6, 6.07) is 2.57. The summed E-state index contributed by atoms with van der Waals surface area (Å²) in [6.45, 7) is 5.92. The highest BCUT2D eigenvalue weighted by molar-refractivity contribution is 5.29. The minimum Gasteiger partial charge on any atom is -0.313 e. The van der Waals surface area contributed by atoms with Crippen molar-refractivity contribution in [2.75, 3.05) is 7.05 Å². The van der Waals surface area contributed by atoms with E-state index in [9.17, 15) is 8.78 Å². The van der Waals surface area contributed by atoms with Gasteiger partial charge in [0.05, 0.1) is 0 Å². The van der Waals surface area contributed by atoms with Gasteiger partial charge in [-0.25, -0.2) is 8.78 Å². The van der Waals surface area contributed by atoms with Crippen LogP contribution in [0.5, 0.6) is 0 Å². The van der Waals surface area contributed by atoms with Gasteiger partial charge in [-0.1, -0.05) is 32.8 Å². The quantitative estimate of drug-likeness (QED) is 0.796.